The molecule has 0 unspecified atom stereocenters. The molecule has 0 aliphatic heterocycles. The third-order valence-electron chi connectivity index (χ3n) is 4.05. The maximum absolute atomic E-state index is 12.9. The average Bonchev–Trinajstić information content (AvgIpc) is 2.61. The number of benzene rings is 2. The summed E-state index contributed by atoms with van der Waals surface area (Å²) in [5.74, 6) is -0.296. The summed E-state index contributed by atoms with van der Waals surface area (Å²) >= 11 is 0.0241. The molecule has 1 N–H and O–H groups in total. The van der Waals surface area contributed by atoms with Gasteiger partial charge in [0.05, 0.1) is 0 Å². The van der Waals surface area contributed by atoms with Gasteiger partial charge in [-0.2, -0.15) is 0 Å². The van der Waals surface area contributed by atoms with Gasteiger partial charge in [-0.1, -0.05) is 0 Å². The van der Waals surface area contributed by atoms with Gasteiger partial charge in [0.25, 0.3) is 0 Å². The molecule has 0 fully saturated rings. The minimum absolute atomic E-state index is 0.0241. The van der Waals surface area contributed by atoms with Crippen LogP contribution < -0.4 is 9.20 Å². The van der Waals surface area contributed by atoms with Crippen LogP contribution in [0, 0.1) is 5.92 Å². The first-order chi connectivity index (χ1) is 12.7. The molecule has 2 aromatic carbocycles. The van der Waals surface area contributed by atoms with E-state index in [-0.39, 0.29) is 25.7 Å². The van der Waals surface area contributed by atoms with Gasteiger partial charge in [-0.3, -0.25) is 0 Å². The van der Waals surface area contributed by atoms with Crippen LogP contribution in [-0.4, -0.2) is 38.7 Å². The van der Waals surface area contributed by atoms with Crippen molar-refractivity contribution in [3.8, 4) is 5.75 Å². The van der Waals surface area contributed by atoms with Crippen LogP contribution in [0.2, 0.25) is 4.82 Å². The predicted molar refractivity (Wildman–Crippen MR) is 109 cm³/mol. The standard InChI is InChI=1S/C22H28O4Se/c1-15(27-18-9-7-6-8-10-18)19(21(24)26-22(2,3)4)20(23)16-11-13-17(25-5)14-12-16/h6-15,19-20,23H,1-5H3/t15-,19+,20+/m1/s1. The van der Waals surface area contributed by atoms with Crippen LogP contribution in [0.1, 0.15) is 39.4 Å². The minimum atomic E-state index is -0.939. The van der Waals surface area contributed by atoms with Gasteiger partial charge in [-0.05, 0) is 0 Å². The van der Waals surface area contributed by atoms with Crippen LogP contribution in [0.25, 0.3) is 0 Å². The van der Waals surface area contributed by atoms with Crippen molar-refractivity contribution in [3.05, 3.63) is 60.2 Å². The Hall–Kier alpha value is -1.81. The molecule has 0 heterocycles. The molecule has 0 aliphatic carbocycles. The van der Waals surface area contributed by atoms with Crippen molar-refractivity contribution in [2.45, 2.75) is 44.2 Å². The van der Waals surface area contributed by atoms with Gasteiger partial charge >= 0.3 is 168 Å². The Labute approximate surface area is 168 Å². The first-order valence-electron chi connectivity index (χ1n) is 8.98. The van der Waals surface area contributed by atoms with Crippen molar-refractivity contribution >= 4 is 25.4 Å². The second-order valence-corrected chi connectivity index (χ2v) is 10.5. The summed E-state index contributed by atoms with van der Waals surface area (Å²) in [4.78, 5) is 12.9. The second kappa shape index (κ2) is 9.41. The Balaban J connectivity index is 2.28. The summed E-state index contributed by atoms with van der Waals surface area (Å²) in [5, 5.41) is 11.0. The summed E-state index contributed by atoms with van der Waals surface area (Å²) in [5.41, 5.74) is 0.0800. The summed E-state index contributed by atoms with van der Waals surface area (Å²) in [6.07, 6.45) is -0.939. The van der Waals surface area contributed by atoms with Gasteiger partial charge in [-0.25, -0.2) is 0 Å². The maximum atomic E-state index is 12.9. The fraction of sp³-hybridized carbons (Fsp3) is 0.409. The fourth-order valence-electron chi connectivity index (χ4n) is 2.74. The Morgan fingerprint density at radius 2 is 1.63 bits per heavy atom. The van der Waals surface area contributed by atoms with Crippen molar-refractivity contribution in [3.63, 3.8) is 0 Å². The van der Waals surface area contributed by atoms with Crippen LogP contribution in [-0.2, 0) is 9.53 Å². The number of methoxy groups -OCH3 is 1. The molecular formula is C22H28O4Se. The zero-order chi connectivity index (χ0) is 20.0. The van der Waals surface area contributed by atoms with E-state index in [1.807, 2.05) is 45.9 Å². The third kappa shape index (κ3) is 6.39. The van der Waals surface area contributed by atoms with E-state index in [0.29, 0.717) is 11.3 Å². The molecule has 2 rings (SSSR count). The normalized spacial score (nSPS) is 14.9. The van der Waals surface area contributed by atoms with Crippen LogP contribution >= 0.6 is 0 Å². The number of carbonyl (C=O) groups is 1. The molecule has 0 radical (unpaired) electrons. The average molecular weight is 435 g/mol. The van der Waals surface area contributed by atoms with Gasteiger partial charge < -0.3 is 0 Å². The molecule has 5 heteroatoms. The Kier molecular flexibility index (Phi) is 7.49. The van der Waals surface area contributed by atoms with Crippen LogP contribution in [0.5, 0.6) is 5.75 Å². The molecule has 0 aliphatic rings. The van der Waals surface area contributed by atoms with E-state index in [1.165, 1.54) is 4.46 Å². The molecule has 0 spiro atoms. The van der Waals surface area contributed by atoms with Crippen LogP contribution in [0.4, 0.5) is 0 Å². The van der Waals surface area contributed by atoms with E-state index in [9.17, 15) is 9.90 Å². The topological polar surface area (TPSA) is 55.8 Å². The van der Waals surface area contributed by atoms with Gasteiger partial charge in [0.1, 0.15) is 0 Å². The number of aliphatic hydroxyl groups excluding tert-OH is 1. The molecule has 27 heavy (non-hydrogen) atoms. The number of hydrogen-bond donors (Lipinski definition) is 1. The molecule has 0 saturated carbocycles. The van der Waals surface area contributed by atoms with Crippen molar-refractivity contribution in [1.82, 2.24) is 0 Å². The van der Waals surface area contributed by atoms with E-state index in [1.54, 1.807) is 31.4 Å². The summed E-state index contributed by atoms with van der Waals surface area (Å²) in [6.45, 7) is 7.53. The van der Waals surface area contributed by atoms with Gasteiger partial charge in [0.2, 0.25) is 0 Å². The number of ether oxygens (including phenoxy) is 2. The van der Waals surface area contributed by atoms with E-state index in [4.69, 9.17) is 9.47 Å². The van der Waals surface area contributed by atoms with E-state index >= 15 is 0 Å². The van der Waals surface area contributed by atoms with E-state index in [0.717, 1.165) is 0 Å². The molecule has 3 atom stereocenters. The molecule has 4 nitrogen and oxygen atoms in total. The number of carbonyl (C=O) groups excluding carboxylic acids is 1. The van der Waals surface area contributed by atoms with Gasteiger partial charge in [0.15, 0.2) is 0 Å². The number of hydrogen-bond acceptors (Lipinski definition) is 4. The molecule has 0 bridgehead atoms. The quantitative estimate of drug-likeness (QED) is 0.534. The molecule has 2 aromatic rings. The van der Waals surface area contributed by atoms with Crippen LogP contribution in [0.3, 0.4) is 0 Å². The van der Waals surface area contributed by atoms with E-state index < -0.39 is 17.6 Å². The zero-order valence-corrected chi connectivity index (χ0v) is 18.2. The number of rotatable bonds is 7. The number of esters is 1. The van der Waals surface area contributed by atoms with Gasteiger partial charge in [-0.15, -0.1) is 0 Å². The molecule has 0 aromatic heterocycles. The SMILES string of the molecule is COc1ccc([C@H](O)[C@@H](C(=O)OC(C)(C)C)[C@@H](C)[Se]c2ccccc2)cc1. The van der Waals surface area contributed by atoms with E-state index in [2.05, 4.69) is 12.1 Å². The summed E-state index contributed by atoms with van der Waals surface area (Å²) in [7, 11) is 1.60. The summed E-state index contributed by atoms with van der Waals surface area (Å²) in [6, 6.07) is 17.2. The zero-order valence-electron chi connectivity index (χ0n) is 16.5. The van der Waals surface area contributed by atoms with Crippen molar-refractivity contribution in [2.24, 2.45) is 5.92 Å². The van der Waals surface area contributed by atoms with Crippen molar-refractivity contribution in [2.75, 3.05) is 7.11 Å². The molecule has 146 valence electrons. The first kappa shape index (κ1) is 21.5. The Morgan fingerprint density at radius 1 is 1.04 bits per heavy atom. The molecule has 0 saturated heterocycles. The van der Waals surface area contributed by atoms with Crippen molar-refractivity contribution in [1.29, 1.82) is 0 Å². The Morgan fingerprint density at radius 3 is 2.15 bits per heavy atom. The third-order valence-corrected chi connectivity index (χ3v) is 6.58. The number of aliphatic hydroxyl groups is 1. The second-order valence-electron chi connectivity index (χ2n) is 7.41. The molecular weight excluding hydrogens is 407 g/mol. The monoisotopic (exact) mass is 436 g/mol. The van der Waals surface area contributed by atoms with Crippen LogP contribution in [0.15, 0.2) is 54.6 Å². The predicted octanol–water partition coefficient (Wildman–Crippen LogP) is 3.52. The fourth-order valence-corrected chi connectivity index (χ4v) is 5.16. The Bertz CT molecular complexity index is 722. The van der Waals surface area contributed by atoms with Gasteiger partial charge in [0, 0.05) is 0 Å². The first-order valence-corrected chi connectivity index (χ1v) is 10.8. The molecule has 0 amide bonds. The van der Waals surface area contributed by atoms with Crippen molar-refractivity contribution < 1.29 is 19.4 Å². The summed E-state index contributed by atoms with van der Waals surface area (Å²) < 4.78 is 12.0.